The van der Waals surface area contributed by atoms with Crippen LogP contribution in [0.2, 0.25) is 0 Å². The number of carbonyl (C=O) groups excluding carboxylic acids is 2. The molecule has 2 amide bonds. The molecule has 5 nitrogen and oxygen atoms in total. The Morgan fingerprint density at radius 2 is 2.38 bits per heavy atom. The van der Waals surface area contributed by atoms with Gasteiger partial charge < -0.3 is 5.32 Å². The second-order valence-corrected chi connectivity index (χ2v) is 2.54. The number of nitrogens with one attached hydrogen (secondary N) is 2. The zero-order chi connectivity index (χ0) is 9.68. The summed E-state index contributed by atoms with van der Waals surface area (Å²) < 4.78 is 11.7. The zero-order valence-electron chi connectivity index (χ0n) is 6.97. The van der Waals surface area contributed by atoms with E-state index in [-0.39, 0.29) is 24.6 Å². The van der Waals surface area contributed by atoms with Gasteiger partial charge in [0.05, 0.1) is 0 Å². The molecule has 0 bridgehead atoms. The molecule has 0 atom stereocenters. The van der Waals surface area contributed by atoms with E-state index in [2.05, 4.69) is 15.8 Å². The Kier molecular flexibility index (Phi) is 3.36. The number of halogens is 1. The van der Waals surface area contributed by atoms with Crippen molar-refractivity contribution in [1.82, 2.24) is 10.7 Å². The van der Waals surface area contributed by atoms with E-state index < -0.39 is 12.6 Å². The van der Waals surface area contributed by atoms with Crippen LogP contribution < -0.4 is 10.7 Å². The van der Waals surface area contributed by atoms with Gasteiger partial charge in [-0.2, -0.15) is 5.10 Å². The third-order valence-corrected chi connectivity index (χ3v) is 1.55. The molecule has 2 N–H and O–H groups in total. The number of carbonyl (C=O) groups is 2. The summed E-state index contributed by atoms with van der Waals surface area (Å²) in [7, 11) is 0. The summed E-state index contributed by atoms with van der Waals surface area (Å²) >= 11 is 0. The van der Waals surface area contributed by atoms with Gasteiger partial charge in [0, 0.05) is 19.4 Å². The molecule has 1 rings (SSSR count). The van der Waals surface area contributed by atoms with Crippen LogP contribution in [0.1, 0.15) is 12.8 Å². The fraction of sp³-hybridized carbons (Fsp3) is 0.571. The molecule has 0 aromatic rings. The van der Waals surface area contributed by atoms with Gasteiger partial charge in [0.1, 0.15) is 12.4 Å². The third-order valence-electron chi connectivity index (χ3n) is 1.55. The van der Waals surface area contributed by atoms with Gasteiger partial charge in [0.2, 0.25) is 5.91 Å². The van der Waals surface area contributed by atoms with Crippen LogP contribution in [-0.4, -0.2) is 30.7 Å². The Balaban J connectivity index is 2.43. The van der Waals surface area contributed by atoms with Crippen molar-refractivity contribution in [2.45, 2.75) is 12.8 Å². The van der Waals surface area contributed by atoms with Gasteiger partial charge in [-0.05, 0) is 0 Å². The summed E-state index contributed by atoms with van der Waals surface area (Å²) in [4.78, 5) is 21.7. The van der Waals surface area contributed by atoms with Crippen LogP contribution in [0.4, 0.5) is 4.39 Å². The van der Waals surface area contributed by atoms with Crippen molar-refractivity contribution in [1.29, 1.82) is 0 Å². The van der Waals surface area contributed by atoms with Crippen molar-refractivity contribution in [3.8, 4) is 0 Å². The first kappa shape index (κ1) is 9.63. The van der Waals surface area contributed by atoms with Crippen LogP contribution in [0, 0.1) is 0 Å². The highest BCUT2D eigenvalue weighted by Crippen LogP contribution is 1.98. The number of alkyl halides is 1. The molecule has 0 aromatic heterocycles. The third kappa shape index (κ3) is 2.81. The van der Waals surface area contributed by atoms with Crippen molar-refractivity contribution in [3.05, 3.63) is 0 Å². The van der Waals surface area contributed by atoms with E-state index >= 15 is 0 Å². The van der Waals surface area contributed by atoms with E-state index in [1.165, 1.54) is 0 Å². The quantitative estimate of drug-likeness (QED) is 0.615. The van der Waals surface area contributed by atoms with Crippen LogP contribution in [0.5, 0.6) is 0 Å². The van der Waals surface area contributed by atoms with Gasteiger partial charge >= 0.3 is 0 Å². The molecule has 1 aliphatic rings. The molecule has 0 radical (unpaired) electrons. The van der Waals surface area contributed by atoms with Crippen molar-refractivity contribution in [2.24, 2.45) is 5.10 Å². The van der Waals surface area contributed by atoms with Crippen LogP contribution in [0.3, 0.4) is 0 Å². The minimum Gasteiger partial charge on any atom is -0.348 e. The molecule has 0 aliphatic carbocycles. The number of nitrogens with zero attached hydrogens (tertiary/aromatic N) is 1. The number of amides is 2. The maximum atomic E-state index is 11.7. The average molecular weight is 187 g/mol. The second kappa shape index (κ2) is 4.54. The molecule has 1 heterocycles. The van der Waals surface area contributed by atoms with Gasteiger partial charge in [-0.15, -0.1) is 0 Å². The van der Waals surface area contributed by atoms with Crippen LogP contribution in [-0.2, 0) is 9.59 Å². The van der Waals surface area contributed by atoms with E-state index in [1.807, 2.05) is 0 Å². The fourth-order valence-electron chi connectivity index (χ4n) is 0.901. The van der Waals surface area contributed by atoms with E-state index in [4.69, 9.17) is 0 Å². The minimum atomic E-state index is -0.606. The molecule has 0 unspecified atom stereocenters. The summed E-state index contributed by atoms with van der Waals surface area (Å²) in [6, 6.07) is 0. The monoisotopic (exact) mass is 187 g/mol. The average Bonchev–Trinajstić information content (AvgIpc) is 2.15. The summed E-state index contributed by atoms with van der Waals surface area (Å²) in [5.74, 6) is -0.625. The van der Waals surface area contributed by atoms with Crippen molar-refractivity contribution >= 4 is 17.5 Å². The highest BCUT2D eigenvalue weighted by Gasteiger charge is 2.17. The van der Waals surface area contributed by atoms with Gasteiger partial charge in [0.15, 0.2) is 0 Å². The summed E-state index contributed by atoms with van der Waals surface area (Å²) in [6.07, 6.45) is 0.561. The Morgan fingerprint density at radius 1 is 1.62 bits per heavy atom. The topological polar surface area (TPSA) is 70.6 Å². The molecule has 13 heavy (non-hydrogen) atoms. The molecule has 0 aromatic carbocycles. The zero-order valence-corrected chi connectivity index (χ0v) is 6.97. The number of hydrogen-bond acceptors (Lipinski definition) is 3. The predicted molar refractivity (Wildman–Crippen MR) is 43.8 cm³/mol. The lowest BCUT2D eigenvalue weighted by Crippen LogP contribution is -2.37. The van der Waals surface area contributed by atoms with E-state index in [0.29, 0.717) is 6.42 Å². The van der Waals surface area contributed by atoms with Crippen molar-refractivity contribution in [2.75, 3.05) is 13.2 Å². The minimum absolute atomic E-state index is 0.0220. The van der Waals surface area contributed by atoms with E-state index in [0.717, 1.165) is 0 Å². The first-order chi connectivity index (χ1) is 6.24. The molecule has 0 saturated heterocycles. The molecular weight excluding hydrogens is 177 g/mol. The Hall–Kier alpha value is -1.46. The lowest BCUT2D eigenvalue weighted by atomic mass is 10.1. The molecule has 0 saturated carbocycles. The molecule has 72 valence electrons. The summed E-state index contributed by atoms with van der Waals surface area (Å²) in [5, 5.41) is 5.87. The van der Waals surface area contributed by atoms with Crippen molar-refractivity contribution in [3.63, 3.8) is 0 Å². The second-order valence-electron chi connectivity index (χ2n) is 2.54. The maximum Gasteiger partial charge on any atom is 0.267 e. The van der Waals surface area contributed by atoms with Gasteiger partial charge in [-0.25, -0.2) is 9.82 Å². The SMILES string of the molecule is O=C1CCC(C(=O)NCCF)=NN1. The Bertz CT molecular complexity index is 252. The summed E-state index contributed by atoms with van der Waals surface area (Å²) in [5.41, 5.74) is 2.43. The van der Waals surface area contributed by atoms with E-state index in [9.17, 15) is 14.0 Å². The normalized spacial score (nSPS) is 16.1. The standard InChI is InChI=1S/C7H10FN3O2/c8-3-4-9-7(13)5-1-2-6(12)11-10-5/h1-4H2,(H,9,13)(H,11,12). The molecular formula is C7H10FN3O2. The smallest absolute Gasteiger partial charge is 0.267 e. The highest BCUT2D eigenvalue weighted by molar-refractivity contribution is 6.39. The summed E-state index contributed by atoms with van der Waals surface area (Å²) in [6.45, 7) is -0.628. The van der Waals surface area contributed by atoms with Gasteiger partial charge in [-0.1, -0.05) is 0 Å². The first-order valence-electron chi connectivity index (χ1n) is 3.93. The highest BCUT2D eigenvalue weighted by atomic mass is 19.1. The number of rotatable bonds is 3. The number of hydrogen-bond donors (Lipinski definition) is 2. The molecule has 6 heteroatoms. The predicted octanol–water partition coefficient (Wildman–Crippen LogP) is -0.662. The van der Waals surface area contributed by atoms with Gasteiger partial charge in [0.25, 0.3) is 5.91 Å². The van der Waals surface area contributed by atoms with E-state index in [1.54, 1.807) is 0 Å². The maximum absolute atomic E-state index is 11.7. The molecule has 1 aliphatic heterocycles. The fourth-order valence-corrected chi connectivity index (χ4v) is 0.901. The number of hydrazone groups is 1. The lowest BCUT2D eigenvalue weighted by Gasteiger charge is -2.10. The largest absolute Gasteiger partial charge is 0.348 e. The lowest BCUT2D eigenvalue weighted by molar-refractivity contribution is -0.121. The molecule has 0 spiro atoms. The first-order valence-corrected chi connectivity index (χ1v) is 3.93. The molecule has 0 fully saturated rings. The Labute approximate surface area is 74.4 Å². The van der Waals surface area contributed by atoms with Crippen molar-refractivity contribution < 1.29 is 14.0 Å². The Morgan fingerprint density at radius 3 is 2.92 bits per heavy atom. The van der Waals surface area contributed by atoms with Crippen LogP contribution in [0.25, 0.3) is 0 Å². The van der Waals surface area contributed by atoms with Gasteiger partial charge in [-0.3, -0.25) is 9.59 Å². The van der Waals surface area contributed by atoms with Crippen LogP contribution in [0.15, 0.2) is 5.10 Å². The van der Waals surface area contributed by atoms with Crippen LogP contribution >= 0.6 is 0 Å².